The lowest BCUT2D eigenvalue weighted by Crippen LogP contribution is -2.43. The lowest BCUT2D eigenvalue weighted by Gasteiger charge is -2.38. The number of aromatic nitrogens is 3. The van der Waals surface area contributed by atoms with Crippen molar-refractivity contribution in [1.29, 1.82) is 0 Å². The fourth-order valence-corrected chi connectivity index (χ4v) is 4.22. The Morgan fingerprint density at radius 2 is 1.61 bits per heavy atom. The lowest BCUT2D eigenvalue weighted by molar-refractivity contribution is 0.253. The van der Waals surface area contributed by atoms with E-state index in [1.165, 1.54) is 12.0 Å². The molecule has 0 saturated heterocycles. The summed E-state index contributed by atoms with van der Waals surface area (Å²) in [6, 6.07) is 19.1. The van der Waals surface area contributed by atoms with Gasteiger partial charge in [-0.05, 0) is 38.7 Å². The molecule has 0 spiro atoms. The van der Waals surface area contributed by atoms with Crippen LogP contribution in [0.3, 0.4) is 0 Å². The molecule has 0 aliphatic heterocycles. The zero-order valence-corrected chi connectivity index (χ0v) is 16.3. The van der Waals surface area contributed by atoms with E-state index in [1.54, 1.807) is 0 Å². The van der Waals surface area contributed by atoms with Crippen LogP contribution in [0.15, 0.2) is 60.8 Å². The summed E-state index contributed by atoms with van der Waals surface area (Å²) in [6.45, 7) is 4.04. The standard InChI is InChI=1S/C24H24N4/c1-16-15-28-22(19-7-4-3-5-8-19)21(27-23(28)17(2)26-16)18-9-11-20(12-10-18)24(25)13-6-14-24/h3-5,7-12,15H,6,13-14,25H2,1-2H3. The maximum atomic E-state index is 6.50. The second kappa shape index (κ2) is 6.28. The maximum absolute atomic E-state index is 6.50. The van der Waals surface area contributed by atoms with E-state index in [0.717, 1.165) is 52.4 Å². The highest BCUT2D eigenvalue weighted by Gasteiger charge is 2.34. The van der Waals surface area contributed by atoms with Crippen LogP contribution in [0.5, 0.6) is 0 Å². The smallest absolute Gasteiger partial charge is 0.159 e. The first-order valence-electron chi connectivity index (χ1n) is 9.87. The van der Waals surface area contributed by atoms with Gasteiger partial charge in [-0.25, -0.2) is 4.98 Å². The van der Waals surface area contributed by atoms with E-state index in [4.69, 9.17) is 10.7 Å². The molecule has 2 N–H and O–H groups in total. The number of fused-ring (bicyclic) bond motifs is 1. The molecule has 1 saturated carbocycles. The molecule has 5 rings (SSSR count). The highest BCUT2D eigenvalue weighted by atomic mass is 15.1. The van der Waals surface area contributed by atoms with Crippen molar-refractivity contribution in [2.75, 3.05) is 0 Å². The zero-order chi connectivity index (χ0) is 19.3. The van der Waals surface area contributed by atoms with E-state index in [0.29, 0.717) is 0 Å². The minimum absolute atomic E-state index is 0.142. The van der Waals surface area contributed by atoms with E-state index < -0.39 is 0 Å². The van der Waals surface area contributed by atoms with Crippen molar-refractivity contribution >= 4 is 5.65 Å². The Hall–Kier alpha value is -2.98. The maximum Gasteiger partial charge on any atom is 0.159 e. The normalized spacial score (nSPS) is 15.5. The molecule has 0 radical (unpaired) electrons. The number of benzene rings is 2. The Morgan fingerprint density at radius 3 is 2.25 bits per heavy atom. The quantitative estimate of drug-likeness (QED) is 0.552. The van der Waals surface area contributed by atoms with E-state index in [2.05, 4.69) is 64.1 Å². The van der Waals surface area contributed by atoms with Crippen LogP contribution in [0, 0.1) is 13.8 Å². The Morgan fingerprint density at radius 1 is 0.893 bits per heavy atom. The van der Waals surface area contributed by atoms with Crippen molar-refractivity contribution in [2.45, 2.75) is 38.6 Å². The van der Waals surface area contributed by atoms with Crippen molar-refractivity contribution in [3.63, 3.8) is 0 Å². The third-order valence-corrected chi connectivity index (χ3v) is 5.92. The van der Waals surface area contributed by atoms with Crippen molar-refractivity contribution in [3.8, 4) is 22.5 Å². The first-order chi connectivity index (χ1) is 13.5. The average Bonchev–Trinajstić information content (AvgIpc) is 3.06. The number of aryl methyl sites for hydroxylation is 2. The van der Waals surface area contributed by atoms with Crippen LogP contribution in [0.4, 0.5) is 0 Å². The highest BCUT2D eigenvalue weighted by Crippen LogP contribution is 2.40. The predicted molar refractivity (Wildman–Crippen MR) is 113 cm³/mol. The molecular formula is C24H24N4. The molecule has 0 unspecified atom stereocenters. The van der Waals surface area contributed by atoms with Gasteiger partial charge < -0.3 is 5.73 Å². The number of rotatable bonds is 3. The van der Waals surface area contributed by atoms with Gasteiger partial charge >= 0.3 is 0 Å². The Labute approximate surface area is 165 Å². The Kier molecular flexibility index (Phi) is 3.84. The van der Waals surface area contributed by atoms with Gasteiger partial charge in [-0.3, -0.25) is 9.38 Å². The Bertz CT molecular complexity index is 1150. The molecular weight excluding hydrogens is 344 g/mol. The summed E-state index contributed by atoms with van der Waals surface area (Å²) in [5, 5.41) is 0. The van der Waals surface area contributed by atoms with Crippen molar-refractivity contribution in [1.82, 2.24) is 14.4 Å². The SMILES string of the molecule is Cc1cn2c(-c3ccccc3)c(-c3ccc(C4(N)CCC4)cc3)nc2c(C)n1. The van der Waals surface area contributed by atoms with Crippen molar-refractivity contribution in [3.05, 3.63) is 77.7 Å². The second-order valence-corrected chi connectivity index (χ2v) is 7.92. The van der Waals surface area contributed by atoms with Crippen LogP contribution in [-0.4, -0.2) is 14.4 Å². The van der Waals surface area contributed by atoms with Gasteiger partial charge in [-0.1, -0.05) is 54.6 Å². The van der Waals surface area contributed by atoms with Gasteiger partial charge in [0.1, 0.15) is 0 Å². The van der Waals surface area contributed by atoms with E-state index in [1.807, 2.05) is 19.9 Å². The summed E-state index contributed by atoms with van der Waals surface area (Å²) in [6.07, 6.45) is 5.42. The van der Waals surface area contributed by atoms with Crippen LogP contribution >= 0.6 is 0 Å². The largest absolute Gasteiger partial charge is 0.321 e. The molecule has 1 aliphatic carbocycles. The van der Waals surface area contributed by atoms with Gasteiger partial charge in [0, 0.05) is 22.9 Å². The molecule has 4 nitrogen and oxygen atoms in total. The molecule has 2 aromatic carbocycles. The third kappa shape index (κ3) is 2.64. The summed E-state index contributed by atoms with van der Waals surface area (Å²) >= 11 is 0. The van der Waals surface area contributed by atoms with Gasteiger partial charge in [0.05, 0.1) is 22.8 Å². The summed E-state index contributed by atoms with van der Waals surface area (Å²) in [7, 11) is 0. The second-order valence-electron chi connectivity index (χ2n) is 7.92. The van der Waals surface area contributed by atoms with Gasteiger partial charge in [0.25, 0.3) is 0 Å². The molecule has 4 aromatic rings. The number of nitrogens with two attached hydrogens (primary N) is 1. The number of nitrogens with zero attached hydrogens (tertiary/aromatic N) is 3. The van der Waals surface area contributed by atoms with Crippen LogP contribution in [0.25, 0.3) is 28.2 Å². The predicted octanol–water partition coefficient (Wildman–Crippen LogP) is 5.02. The van der Waals surface area contributed by atoms with Crippen LogP contribution < -0.4 is 5.73 Å². The van der Waals surface area contributed by atoms with Gasteiger partial charge in [0.15, 0.2) is 5.65 Å². The molecule has 1 fully saturated rings. The topological polar surface area (TPSA) is 56.2 Å². The summed E-state index contributed by atoms with van der Waals surface area (Å²) < 4.78 is 2.17. The molecule has 0 atom stereocenters. The van der Waals surface area contributed by atoms with Crippen LogP contribution in [0.2, 0.25) is 0 Å². The summed E-state index contributed by atoms with van der Waals surface area (Å²) in [5.41, 5.74) is 14.7. The van der Waals surface area contributed by atoms with E-state index >= 15 is 0 Å². The van der Waals surface area contributed by atoms with Gasteiger partial charge in [-0.2, -0.15) is 0 Å². The molecule has 4 heteroatoms. The highest BCUT2D eigenvalue weighted by molar-refractivity contribution is 5.82. The molecule has 0 amide bonds. The molecule has 140 valence electrons. The first-order valence-corrected chi connectivity index (χ1v) is 9.87. The van der Waals surface area contributed by atoms with Crippen LogP contribution in [-0.2, 0) is 5.54 Å². The van der Waals surface area contributed by atoms with Gasteiger partial charge in [-0.15, -0.1) is 0 Å². The lowest BCUT2D eigenvalue weighted by atomic mass is 9.72. The first kappa shape index (κ1) is 17.1. The minimum Gasteiger partial charge on any atom is -0.321 e. The number of hydrogen-bond donors (Lipinski definition) is 1. The molecule has 0 bridgehead atoms. The average molecular weight is 368 g/mol. The van der Waals surface area contributed by atoms with Gasteiger partial charge in [0.2, 0.25) is 0 Å². The fourth-order valence-electron chi connectivity index (χ4n) is 4.22. The zero-order valence-electron chi connectivity index (χ0n) is 16.3. The Balaban J connectivity index is 1.72. The van der Waals surface area contributed by atoms with E-state index in [-0.39, 0.29) is 5.54 Å². The monoisotopic (exact) mass is 368 g/mol. The molecule has 2 aromatic heterocycles. The minimum atomic E-state index is -0.142. The molecule has 1 aliphatic rings. The molecule has 2 heterocycles. The van der Waals surface area contributed by atoms with Crippen molar-refractivity contribution < 1.29 is 0 Å². The summed E-state index contributed by atoms with van der Waals surface area (Å²) in [4.78, 5) is 9.60. The van der Waals surface area contributed by atoms with Crippen molar-refractivity contribution in [2.24, 2.45) is 5.73 Å². The third-order valence-electron chi connectivity index (χ3n) is 5.92. The molecule has 28 heavy (non-hydrogen) atoms. The fraction of sp³-hybridized carbons (Fsp3) is 0.250. The van der Waals surface area contributed by atoms with Crippen LogP contribution in [0.1, 0.15) is 36.2 Å². The summed E-state index contributed by atoms with van der Waals surface area (Å²) in [5.74, 6) is 0. The number of imidazole rings is 1. The number of hydrogen-bond acceptors (Lipinski definition) is 3. The van der Waals surface area contributed by atoms with E-state index in [9.17, 15) is 0 Å².